The van der Waals surface area contributed by atoms with Gasteiger partial charge in [0.25, 0.3) is 5.91 Å². The van der Waals surface area contributed by atoms with E-state index in [-0.39, 0.29) is 17.6 Å². The molecule has 2 aromatic carbocycles. The Labute approximate surface area is 154 Å². The Kier molecular flexibility index (Phi) is 5.14. The number of nitrogens with one attached hydrogen (secondary N) is 2. The Balaban J connectivity index is 1.79. The van der Waals surface area contributed by atoms with Crippen LogP contribution in [0.2, 0.25) is 0 Å². The number of hydrogen-bond acceptors (Lipinski definition) is 3. The molecule has 132 valence electrons. The summed E-state index contributed by atoms with van der Waals surface area (Å²) >= 11 is 1.34. The monoisotopic (exact) mass is 368 g/mol. The number of carbonyl (C=O) groups excluding carboxylic acids is 2. The van der Waals surface area contributed by atoms with Crippen molar-refractivity contribution in [3.8, 4) is 10.4 Å². The van der Waals surface area contributed by atoms with Crippen molar-refractivity contribution in [3.05, 3.63) is 70.9 Å². The van der Waals surface area contributed by atoms with Gasteiger partial charge in [0.2, 0.25) is 5.91 Å². The zero-order chi connectivity index (χ0) is 18.7. The molecule has 0 radical (unpaired) electrons. The van der Waals surface area contributed by atoms with Crippen molar-refractivity contribution in [2.75, 3.05) is 10.6 Å². The lowest BCUT2D eigenvalue weighted by Gasteiger charge is -2.12. The second-order valence-electron chi connectivity index (χ2n) is 5.78. The van der Waals surface area contributed by atoms with E-state index < -0.39 is 0 Å². The predicted octanol–water partition coefficient (Wildman–Crippen LogP) is 5.07. The molecule has 26 heavy (non-hydrogen) atoms. The molecule has 0 atom stereocenters. The first-order chi connectivity index (χ1) is 12.4. The van der Waals surface area contributed by atoms with Gasteiger partial charge in [0.15, 0.2) is 0 Å². The first kappa shape index (κ1) is 17.8. The summed E-state index contributed by atoms with van der Waals surface area (Å²) in [5.41, 5.74) is 2.94. The summed E-state index contributed by atoms with van der Waals surface area (Å²) in [6.07, 6.45) is 0. The fourth-order valence-corrected chi connectivity index (χ4v) is 3.42. The molecule has 0 aliphatic heterocycles. The summed E-state index contributed by atoms with van der Waals surface area (Å²) in [7, 11) is 0. The Morgan fingerprint density at radius 1 is 0.923 bits per heavy atom. The van der Waals surface area contributed by atoms with Crippen molar-refractivity contribution in [2.45, 2.75) is 13.8 Å². The van der Waals surface area contributed by atoms with Gasteiger partial charge in [-0.25, -0.2) is 4.39 Å². The Morgan fingerprint density at radius 2 is 1.58 bits per heavy atom. The molecule has 0 bridgehead atoms. The Bertz CT molecular complexity index is 964. The minimum atomic E-state index is -0.294. The highest BCUT2D eigenvalue weighted by atomic mass is 32.1. The van der Waals surface area contributed by atoms with Crippen LogP contribution >= 0.6 is 11.3 Å². The number of thiophene rings is 1. The van der Waals surface area contributed by atoms with Crippen LogP contribution in [-0.4, -0.2) is 11.8 Å². The number of hydrogen-bond donors (Lipinski definition) is 2. The zero-order valence-corrected chi connectivity index (χ0v) is 15.1. The minimum Gasteiger partial charge on any atom is -0.326 e. The number of carbonyl (C=O) groups is 2. The third-order valence-corrected chi connectivity index (χ3v) is 4.98. The van der Waals surface area contributed by atoms with Crippen LogP contribution in [0.5, 0.6) is 0 Å². The standard InChI is InChI=1S/C20H17FN2O2S/c1-12-16(22-13(2)24)4-3-5-17(12)23-20(25)19-11-10-18(26-19)14-6-8-15(21)9-7-14/h3-11H,1-2H3,(H,22,24)(H,23,25). The zero-order valence-electron chi connectivity index (χ0n) is 14.3. The molecule has 3 rings (SSSR count). The average molecular weight is 368 g/mol. The largest absolute Gasteiger partial charge is 0.326 e. The Hall–Kier alpha value is -2.99. The summed E-state index contributed by atoms with van der Waals surface area (Å²) in [6, 6.07) is 15.1. The third kappa shape index (κ3) is 3.97. The highest BCUT2D eigenvalue weighted by Crippen LogP contribution is 2.30. The maximum Gasteiger partial charge on any atom is 0.265 e. The minimum absolute atomic E-state index is 0.168. The summed E-state index contributed by atoms with van der Waals surface area (Å²) in [4.78, 5) is 25.2. The molecule has 0 aliphatic rings. The molecule has 0 saturated heterocycles. The SMILES string of the molecule is CC(=O)Nc1cccc(NC(=O)c2ccc(-c3ccc(F)cc3)s2)c1C. The van der Waals surface area contributed by atoms with Crippen molar-refractivity contribution in [1.29, 1.82) is 0 Å². The maximum atomic E-state index is 13.0. The number of anilines is 2. The van der Waals surface area contributed by atoms with E-state index in [2.05, 4.69) is 10.6 Å². The fraction of sp³-hybridized carbons (Fsp3) is 0.100. The smallest absolute Gasteiger partial charge is 0.265 e. The van der Waals surface area contributed by atoms with E-state index >= 15 is 0 Å². The van der Waals surface area contributed by atoms with E-state index in [1.807, 2.05) is 13.0 Å². The van der Waals surface area contributed by atoms with Crippen LogP contribution in [0.25, 0.3) is 10.4 Å². The summed E-state index contributed by atoms with van der Waals surface area (Å²) in [6.45, 7) is 3.27. The molecule has 0 saturated carbocycles. The van der Waals surface area contributed by atoms with Crippen molar-refractivity contribution < 1.29 is 14.0 Å². The molecule has 3 aromatic rings. The molecule has 1 heterocycles. The van der Waals surface area contributed by atoms with Crippen molar-refractivity contribution in [3.63, 3.8) is 0 Å². The van der Waals surface area contributed by atoms with Gasteiger partial charge in [0, 0.05) is 23.2 Å². The molecule has 6 heteroatoms. The second kappa shape index (κ2) is 7.49. The van der Waals surface area contributed by atoms with Crippen LogP contribution in [0, 0.1) is 12.7 Å². The second-order valence-corrected chi connectivity index (χ2v) is 6.87. The van der Waals surface area contributed by atoms with Crippen LogP contribution in [0.4, 0.5) is 15.8 Å². The molecule has 0 fully saturated rings. The van der Waals surface area contributed by atoms with Crippen molar-refractivity contribution in [2.24, 2.45) is 0 Å². The van der Waals surface area contributed by atoms with E-state index in [9.17, 15) is 14.0 Å². The molecule has 0 spiro atoms. The maximum absolute atomic E-state index is 13.0. The van der Waals surface area contributed by atoms with Gasteiger partial charge < -0.3 is 10.6 Å². The molecule has 2 amide bonds. The van der Waals surface area contributed by atoms with Crippen LogP contribution in [0.1, 0.15) is 22.2 Å². The predicted molar refractivity (Wildman–Crippen MR) is 103 cm³/mol. The van der Waals surface area contributed by atoms with E-state index in [0.29, 0.717) is 16.3 Å². The van der Waals surface area contributed by atoms with Crippen LogP contribution < -0.4 is 10.6 Å². The lowest BCUT2D eigenvalue weighted by molar-refractivity contribution is -0.114. The van der Waals surface area contributed by atoms with Gasteiger partial charge in [-0.2, -0.15) is 0 Å². The summed E-state index contributed by atoms with van der Waals surface area (Å²) in [5.74, 6) is -0.692. The van der Waals surface area contributed by atoms with E-state index in [0.717, 1.165) is 16.0 Å². The molecule has 2 N–H and O–H groups in total. The highest BCUT2D eigenvalue weighted by Gasteiger charge is 2.13. The topological polar surface area (TPSA) is 58.2 Å². The first-order valence-corrected chi connectivity index (χ1v) is 8.80. The lowest BCUT2D eigenvalue weighted by atomic mass is 10.1. The Morgan fingerprint density at radius 3 is 2.23 bits per heavy atom. The van der Waals surface area contributed by atoms with Gasteiger partial charge in [-0.1, -0.05) is 18.2 Å². The fourth-order valence-electron chi connectivity index (χ4n) is 2.51. The molecule has 4 nitrogen and oxygen atoms in total. The molecular weight excluding hydrogens is 351 g/mol. The van der Waals surface area contributed by atoms with E-state index in [4.69, 9.17) is 0 Å². The van der Waals surface area contributed by atoms with Crippen molar-refractivity contribution in [1.82, 2.24) is 0 Å². The van der Waals surface area contributed by atoms with Crippen molar-refractivity contribution >= 4 is 34.5 Å². The lowest BCUT2D eigenvalue weighted by Crippen LogP contribution is -2.13. The first-order valence-electron chi connectivity index (χ1n) is 7.98. The van der Waals surface area contributed by atoms with Gasteiger partial charge in [0.05, 0.1) is 4.88 Å². The summed E-state index contributed by atoms with van der Waals surface area (Å²) in [5, 5.41) is 5.61. The van der Waals surface area contributed by atoms with E-state index in [1.54, 1.807) is 36.4 Å². The van der Waals surface area contributed by atoms with Gasteiger partial charge in [-0.3, -0.25) is 9.59 Å². The number of rotatable bonds is 4. The van der Waals surface area contributed by atoms with Crippen LogP contribution in [0.15, 0.2) is 54.6 Å². The molecule has 1 aromatic heterocycles. The normalized spacial score (nSPS) is 10.4. The average Bonchev–Trinajstić information content (AvgIpc) is 3.09. The number of halogens is 1. The van der Waals surface area contributed by atoms with E-state index in [1.165, 1.54) is 30.4 Å². The molecule has 0 unspecified atom stereocenters. The highest BCUT2D eigenvalue weighted by molar-refractivity contribution is 7.17. The summed E-state index contributed by atoms with van der Waals surface area (Å²) < 4.78 is 13.0. The number of amides is 2. The van der Waals surface area contributed by atoms with Gasteiger partial charge in [0.1, 0.15) is 5.82 Å². The molecular formula is C20H17FN2O2S. The van der Waals surface area contributed by atoms with Crippen LogP contribution in [0.3, 0.4) is 0 Å². The van der Waals surface area contributed by atoms with Crippen LogP contribution in [-0.2, 0) is 4.79 Å². The van der Waals surface area contributed by atoms with Gasteiger partial charge in [-0.15, -0.1) is 11.3 Å². The molecule has 0 aliphatic carbocycles. The number of benzene rings is 2. The van der Waals surface area contributed by atoms with Gasteiger partial charge >= 0.3 is 0 Å². The third-order valence-electron chi connectivity index (χ3n) is 3.85. The van der Waals surface area contributed by atoms with Gasteiger partial charge in [-0.05, 0) is 54.4 Å². The quantitative estimate of drug-likeness (QED) is 0.675.